The lowest BCUT2D eigenvalue weighted by Crippen LogP contribution is -2.37. The highest BCUT2D eigenvalue weighted by Crippen LogP contribution is 2.75. The fourth-order valence-corrected chi connectivity index (χ4v) is 14.8. The second kappa shape index (κ2) is 32.3. The number of aliphatic hydroxyl groups is 1. The molecule has 1 saturated heterocycles. The van der Waals surface area contributed by atoms with Gasteiger partial charge in [0.15, 0.2) is 5.78 Å². The fourth-order valence-electron chi connectivity index (χ4n) is 7.00. The summed E-state index contributed by atoms with van der Waals surface area (Å²) < 4.78 is 156. The second-order valence-electron chi connectivity index (χ2n) is 17.2. The molecular formula is C41H59F3N4O28P6. The van der Waals surface area contributed by atoms with Crippen LogP contribution >= 0.6 is 46.9 Å². The molecule has 0 aliphatic carbocycles. The number of hydrogen-bond acceptors (Lipinski definition) is 22. The molecule has 2 heterocycles. The Labute approximate surface area is 464 Å². The molecule has 41 heteroatoms. The Kier molecular flexibility index (Phi) is 28.4. The highest BCUT2D eigenvalue weighted by atomic mass is 31.3. The van der Waals surface area contributed by atoms with Crippen LogP contribution in [0.25, 0.3) is 0 Å². The molecule has 462 valence electrons. The van der Waals surface area contributed by atoms with Gasteiger partial charge >= 0.3 is 64.7 Å². The van der Waals surface area contributed by atoms with Gasteiger partial charge in [-0.25, -0.2) is 32.2 Å². The third-order valence-electron chi connectivity index (χ3n) is 10.6. The molecule has 0 saturated carbocycles. The van der Waals surface area contributed by atoms with E-state index < -0.39 is 102 Å². The van der Waals surface area contributed by atoms with E-state index in [0.29, 0.717) is 50.5 Å². The van der Waals surface area contributed by atoms with Gasteiger partial charge in [0.1, 0.15) is 37.0 Å². The Balaban J connectivity index is 1.32. The van der Waals surface area contributed by atoms with Gasteiger partial charge in [-0.05, 0) is 57.6 Å². The van der Waals surface area contributed by atoms with E-state index >= 15 is 0 Å². The molecular weight excluding hydrogens is 1240 g/mol. The topological polar surface area (TPSA) is 466 Å². The van der Waals surface area contributed by atoms with Crippen LogP contribution in [0, 0.1) is 31.6 Å². The van der Waals surface area contributed by atoms with Gasteiger partial charge in [0.2, 0.25) is 5.91 Å². The van der Waals surface area contributed by atoms with Crippen LogP contribution in [-0.4, -0.2) is 120 Å². The van der Waals surface area contributed by atoms with Gasteiger partial charge < -0.3 is 59.3 Å². The van der Waals surface area contributed by atoms with Crippen LogP contribution in [0.4, 0.5) is 13.2 Å². The van der Waals surface area contributed by atoms with Crippen LogP contribution < -0.4 is 31.4 Å². The number of aromatic nitrogens is 2. The van der Waals surface area contributed by atoms with Crippen molar-refractivity contribution in [3.63, 3.8) is 0 Å². The molecule has 6 unspecified atom stereocenters. The smallest absolute Gasteiger partial charge is 0.481 e. The summed E-state index contributed by atoms with van der Waals surface area (Å²) in [5.74, 6) is 2.22. The van der Waals surface area contributed by atoms with Crippen LogP contribution in [0.3, 0.4) is 0 Å². The molecule has 2 amide bonds. The summed E-state index contributed by atoms with van der Waals surface area (Å²) in [6, 6.07) is 2.87. The zero-order valence-corrected chi connectivity index (χ0v) is 48.4. The van der Waals surface area contributed by atoms with Gasteiger partial charge in [-0.2, -0.15) is 34.7 Å². The third-order valence-corrected chi connectivity index (χ3v) is 19.8. The number of aliphatic hydroxyl groups excluding tert-OH is 1. The number of aromatic amines is 1. The molecule has 3 rings (SSSR count). The number of benzene rings is 1. The van der Waals surface area contributed by atoms with Crippen LogP contribution in [-0.2, 0) is 78.7 Å². The molecule has 10 N–H and O–H groups in total. The van der Waals surface area contributed by atoms with Gasteiger partial charge in [0.25, 0.3) is 5.56 Å². The lowest BCUT2D eigenvalue weighted by atomic mass is 9.99. The summed E-state index contributed by atoms with van der Waals surface area (Å²) in [5, 5.41) is 14.8. The van der Waals surface area contributed by atoms with Gasteiger partial charge in [-0.3, -0.25) is 37.8 Å². The molecule has 1 aliphatic heterocycles. The first kappa shape index (κ1) is 72.1. The summed E-state index contributed by atoms with van der Waals surface area (Å²) in [7, 11) is -37.2. The number of phosphoric acid groups is 6. The van der Waals surface area contributed by atoms with Crippen molar-refractivity contribution in [3.05, 3.63) is 55.9 Å². The highest BCUT2D eigenvalue weighted by molar-refractivity contribution is 7.72. The first-order valence-corrected chi connectivity index (χ1v) is 32.9. The number of hydrogen-bond donors (Lipinski definition) is 10. The van der Waals surface area contributed by atoms with Crippen molar-refractivity contribution >= 4 is 64.5 Å². The van der Waals surface area contributed by atoms with Crippen molar-refractivity contribution in [2.45, 2.75) is 115 Å². The Morgan fingerprint density at radius 2 is 1.21 bits per heavy atom. The minimum Gasteiger partial charge on any atom is -0.481 e. The Hall–Kier alpha value is -4.20. The van der Waals surface area contributed by atoms with E-state index in [4.69, 9.17) is 27.1 Å². The number of Topliss-reactive ketones (excluding diaryl/α,β-unsaturated/α-hetero) is 1. The number of terminal acetylenes is 2. The normalized spacial score (nSPS) is 19.8. The molecule has 1 fully saturated rings. The maximum Gasteiger partial charge on any atom is 0.490 e. The van der Waals surface area contributed by atoms with E-state index in [9.17, 15) is 99.0 Å². The molecule has 32 nitrogen and oxygen atoms in total. The van der Waals surface area contributed by atoms with E-state index in [1.165, 1.54) is 19.1 Å². The number of amides is 2. The maximum absolute atomic E-state index is 13.2. The van der Waals surface area contributed by atoms with E-state index in [-0.39, 0.29) is 99.1 Å². The van der Waals surface area contributed by atoms with Crippen molar-refractivity contribution in [3.8, 4) is 36.2 Å². The number of H-pyrrole nitrogens is 1. The molecule has 0 spiro atoms. The zero-order chi connectivity index (χ0) is 61.7. The first-order chi connectivity index (χ1) is 38.0. The van der Waals surface area contributed by atoms with E-state index in [1.54, 1.807) is 5.32 Å². The lowest BCUT2D eigenvalue weighted by molar-refractivity contribution is -0.173. The molecule has 0 bridgehead atoms. The number of nitrogens with zero attached hydrogens (tertiary/aromatic N) is 1. The number of carbonyl (C=O) groups is 3. The van der Waals surface area contributed by atoms with Crippen LogP contribution in [0.15, 0.2) is 27.9 Å². The summed E-state index contributed by atoms with van der Waals surface area (Å²) in [6.07, 6.45) is 5.65. The molecule has 2 aromatic rings. The minimum atomic E-state index is -6.54. The second-order valence-corrected chi connectivity index (χ2v) is 26.6. The van der Waals surface area contributed by atoms with E-state index in [1.807, 2.05) is 4.98 Å². The van der Waals surface area contributed by atoms with Crippen molar-refractivity contribution < 1.29 is 134 Å². The predicted molar refractivity (Wildman–Crippen MR) is 273 cm³/mol. The highest BCUT2D eigenvalue weighted by Gasteiger charge is 2.50. The lowest BCUT2D eigenvalue weighted by Gasteiger charge is -2.21. The van der Waals surface area contributed by atoms with Crippen molar-refractivity contribution in [1.82, 2.24) is 20.2 Å². The number of carbonyl (C=O) groups excluding carboxylic acids is 3. The SMILES string of the molecule is C#CCOc1cc(C(=O)CCCCCCC(=O)NCCCCCCOP(=O)(O)OP(=O)(O)OP(=O)(O)OP(=O)(O)OP(=O)(O)OP(=O)(O)OC[C@H]2O[C@@H](n3cc(C)c(=O)[nH]c3=O)C[C@H]2O)cc(OCC#C)c1CCCNC(=O)C(F)(F)F. The maximum atomic E-state index is 13.2. The number of alkyl halides is 3. The average molecular weight is 1300 g/mol. The molecule has 1 aromatic heterocycles. The molecule has 0 radical (unpaired) electrons. The molecule has 9 atom stereocenters. The van der Waals surface area contributed by atoms with Crippen LogP contribution in [0.2, 0.25) is 0 Å². The quantitative estimate of drug-likeness (QED) is 0.0188. The molecule has 1 aliphatic rings. The summed E-state index contributed by atoms with van der Waals surface area (Å²) in [5.41, 5.74) is -1.03. The third kappa shape index (κ3) is 26.8. The van der Waals surface area contributed by atoms with E-state index in [0.717, 1.165) is 10.8 Å². The number of ketones is 1. The Morgan fingerprint density at radius 1 is 0.720 bits per heavy atom. The first-order valence-electron chi connectivity index (χ1n) is 23.9. The molecule has 1 aromatic carbocycles. The van der Waals surface area contributed by atoms with Crippen molar-refractivity contribution in [2.75, 3.05) is 39.5 Å². The number of nitrogens with one attached hydrogen (secondary N) is 3. The van der Waals surface area contributed by atoms with Gasteiger partial charge in [0.05, 0.1) is 19.3 Å². The number of phosphoric ester groups is 2. The number of unbranched alkanes of at least 4 members (excludes halogenated alkanes) is 6. The summed E-state index contributed by atoms with van der Waals surface area (Å²) in [4.78, 5) is 121. The standard InChI is InChI=1S/C41H59F3N4O28P6/c1-4-20-67-33-23-29(24-34(68-21-5-2)30(33)15-14-19-46-39(53)41(42,43)44)31(49)16-10-6-7-11-17-36(51)45-18-12-8-9-13-22-69-77(55,56)72-79(59,60)74-81(63,64)76-82(65,66)75-80(61,62)73-78(57,58)70-27-35-32(50)25-37(71-35)48-26-28(3)38(52)47-40(48)54/h1-2,23-24,26,32,35,37,50H,6-22,25,27H2,3H3,(H,45,51)(H,46,53)(H,55,56)(H,57,58)(H,59,60)(H,61,62)(H,63,64)(H,65,66)(H,47,52,54)/t32-,35-,37-/m1/s1. The monoisotopic (exact) mass is 1300 g/mol. The van der Waals surface area contributed by atoms with Crippen molar-refractivity contribution in [1.29, 1.82) is 0 Å². The number of rotatable bonds is 38. The predicted octanol–water partition coefficient (Wildman–Crippen LogP) is 4.75. The zero-order valence-electron chi connectivity index (χ0n) is 43.0. The number of halogens is 3. The Morgan fingerprint density at radius 3 is 1.74 bits per heavy atom. The summed E-state index contributed by atoms with van der Waals surface area (Å²) >= 11 is 0. The fraction of sp³-hybridized carbons (Fsp3) is 0.585. The average Bonchev–Trinajstić information content (AvgIpc) is 3.84. The summed E-state index contributed by atoms with van der Waals surface area (Å²) in [6.45, 7) is -0.923. The number of ether oxygens (including phenoxy) is 3. The van der Waals surface area contributed by atoms with Gasteiger partial charge in [-0.1, -0.05) is 37.5 Å². The Bertz CT molecular complexity index is 3020. The van der Waals surface area contributed by atoms with Crippen molar-refractivity contribution in [2.24, 2.45) is 0 Å². The van der Waals surface area contributed by atoms with Crippen LogP contribution in [0.5, 0.6) is 11.5 Å². The van der Waals surface area contributed by atoms with E-state index in [2.05, 4.69) is 47.8 Å². The van der Waals surface area contributed by atoms with Gasteiger partial charge in [-0.15, -0.1) is 12.8 Å². The minimum absolute atomic E-state index is 0.00554. The molecule has 82 heavy (non-hydrogen) atoms. The van der Waals surface area contributed by atoms with Gasteiger partial charge in [0, 0.05) is 55.2 Å². The number of aryl methyl sites for hydroxylation is 1. The largest absolute Gasteiger partial charge is 0.490 e. The van der Waals surface area contributed by atoms with Crippen LogP contribution in [0.1, 0.15) is 105 Å².